The van der Waals surface area contributed by atoms with Crippen molar-refractivity contribution in [3.63, 3.8) is 0 Å². The number of anilines is 2. The third-order valence-electron chi connectivity index (χ3n) is 7.54. The van der Waals surface area contributed by atoms with Gasteiger partial charge in [-0.1, -0.05) is 12.1 Å². The minimum atomic E-state index is -0.0981. The number of piperazine rings is 1. The number of aryl methyl sites for hydroxylation is 3. The van der Waals surface area contributed by atoms with Gasteiger partial charge in [0.2, 0.25) is 5.71 Å². The van der Waals surface area contributed by atoms with Crippen molar-refractivity contribution in [3.05, 3.63) is 47.0 Å². The van der Waals surface area contributed by atoms with Gasteiger partial charge >= 0.3 is 0 Å². The Kier molecular flexibility index (Phi) is 7.41. The molecule has 2 aliphatic rings. The van der Waals surface area contributed by atoms with Gasteiger partial charge in [0.05, 0.1) is 10.9 Å². The van der Waals surface area contributed by atoms with Gasteiger partial charge in [-0.05, 0) is 70.2 Å². The van der Waals surface area contributed by atoms with E-state index in [4.69, 9.17) is 4.42 Å². The second-order valence-corrected chi connectivity index (χ2v) is 10.2. The molecule has 2 fully saturated rings. The van der Waals surface area contributed by atoms with Crippen molar-refractivity contribution in [2.75, 3.05) is 62.2 Å². The summed E-state index contributed by atoms with van der Waals surface area (Å²) in [5, 5.41) is 3.87. The first-order chi connectivity index (χ1) is 17.5. The van der Waals surface area contributed by atoms with Crippen molar-refractivity contribution in [2.24, 2.45) is 0 Å². The molecule has 0 radical (unpaired) electrons. The molecular weight excluding hydrogens is 452 g/mol. The van der Waals surface area contributed by atoms with Gasteiger partial charge < -0.3 is 19.5 Å². The summed E-state index contributed by atoms with van der Waals surface area (Å²) < 4.78 is 5.86. The molecule has 0 unspecified atom stereocenters. The fourth-order valence-electron chi connectivity index (χ4n) is 5.51. The van der Waals surface area contributed by atoms with E-state index in [1.807, 2.05) is 6.92 Å². The summed E-state index contributed by atoms with van der Waals surface area (Å²) in [6.45, 7) is 13.9. The molecule has 192 valence electrons. The highest BCUT2D eigenvalue weighted by atomic mass is 16.3. The number of rotatable bonds is 7. The molecule has 0 atom stereocenters. The van der Waals surface area contributed by atoms with Crippen LogP contribution in [-0.4, -0.2) is 73.1 Å². The Bertz CT molecular complexity index is 1210. The maximum absolute atomic E-state index is 13.2. The number of hydrogen-bond donors (Lipinski definition) is 1. The number of aromatic nitrogens is 2. The number of hydrogen-bond acceptors (Lipinski definition) is 7. The summed E-state index contributed by atoms with van der Waals surface area (Å²) in [5.74, 6) is 1.33. The van der Waals surface area contributed by atoms with Gasteiger partial charge in [-0.15, -0.1) is 0 Å². The van der Waals surface area contributed by atoms with E-state index in [0.29, 0.717) is 23.6 Å². The summed E-state index contributed by atoms with van der Waals surface area (Å²) in [6.07, 6.45) is 5.98. The van der Waals surface area contributed by atoms with Crippen LogP contribution >= 0.6 is 0 Å². The maximum Gasteiger partial charge on any atom is 0.255 e. The van der Waals surface area contributed by atoms with E-state index in [1.165, 1.54) is 29.6 Å². The molecule has 8 nitrogen and oxygen atoms in total. The van der Waals surface area contributed by atoms with Gasteiger partial charge in [0.25, 0.3) is 5.91 Å². The first-order valence-corrected chi connectivity index (χ1v) is 13.3. The smallest absolute Gasteiger partial charge is 0.255 e. The van der Waals surface area contributed by atoms with Crippen molar-refractivity contribution in [3.8, 4) is 0 Å². The van der Waals surface area contributed by atoms with Crippen molar-refractivity contribution >= 4 is 28.5 Å². The number of benzene rings is 1. The van der Waals surface area contributed by atoms with Crippen molar-refractivity contribution < 1.29 is 9.21 Å². The Hall–Kier alpha value is -3.13. The van der Waals surface area contributed by atoms with Gasteiger partial charge in [0.15, 0.2) is 0 Å². The van der Waals surface area contributed by atoms with E-state index < -0.39 is 0 Å². The predicted molar refractivity (Wildman–Crippen MR) is 144 cm³/mol. The number of carbonyl (C=O) groups excluding carboxylic acids is 1. The highest BCUT2D eigenvalue weighted by Crippen LogP contribution is 2.32. The molecule has 1 amide bonds. The summed E-state index contributed by atoms with van der Waals surface area (Å²) >= 11 is 0. The Morgan fingerprint density at radius 3 is 2.53 bits per heavy atom. The fraction of sp³-hybridized carbons (Fsp3) is 0.536. The van der Waals surface area contributed by atoms with Crippen molar-refractivity contribution in [2.45, 2.75) is 46.5 Å². The highest BCUT2D eigenvalue weighted by Gasteiger charge is 2.26. The van der Waals surface area contributed by atoms with Crippen LogP contribution in [0.1, 0.15) is 52.9 Å². The minimum Gasteiger partial charge on any atom is -0.442 e. The molecule has 3 aromatic rings. The van der Waals surface area contributed by atoms with Crippen LogP contribution in [0.15, 0.2) is 28.9 Å². The SMILES string of the molecule is Cc1ccc(C)c(N2CCN(CCCNC(=O)c3c(C)oc4ncnc(N5CCCCC5)c34)CC2)c1. The van der Waals surface area contributed by atoms with Gasteiger partial charge in [0.1, 0.15) is 17.9 Å². The van der Waals surface area contributed by atoms with Gasteiger partial charge in [-0.25, -0.2) is 9.97 Å². The molecule has 36 heavy (non-hydrogen) atoms. The average molecular weight is 491 g/mol. The lowest BCUT2D eigenvalue weighted by molar-refractivity contribution is 0.0951. The first kappa shape index (κ1) is 24.6. The van der Waals surface area contributed by atoms with Crippen LogP contribution in [0.3, 0.4) is 0 Å². The van der Waals surface area contributed by atoms with Gasteiger partial charge in [0, 0.05) is 51.5 Å². The molecule has 2 saturated heterocycles. The zero-order valence-corrected chi connectivity index (χ0v) is 21.8. The highest BCUT2D eigenvalue weighted by molar-refractivity contribution is 6.10. The molecule has 0 saturated carbocycles. The van der Waals surface area contributed by atoms with Crippen molar-refractivity contribution in [1.82, 2.24) is 20.2 Å². The molecule has 1 aromatic carbocycles. The number of amides is 1. The van der Waals surface area contributed by atoms with Gasteiger partial charge in [-0.2, -0.15) is 0 Å². The topological polar surface area (TPSA) is 77.7 Å². The Morgan fingerprint density at radius 1 is 0.972 bits per heavy atom. The quantitative estimate of drug-likeness (QED) is 0.500. The van der Waals surface area contributed by atoms with E-state index >= 15 is 0 Å². The molecule has 8 heteroatoms. The lowest BCUT2D eigenvalue weighted by atomic mass is 10.1. The van der Waals surface area contributed by atoms with Crippen LogP contribution < -0.4 is 15.1 Å². The monoisotopic (exact) mass is 490 g/mol. The average Bonchev–Trinajstić information content (AvgIpc) is 3.24. The number of furan rings is 1. The van der Waals surface area contributed by atoms with Gasteiger partial charge in [-0.3, -0.25) is 9.69 Å². The maximum atomic E-state index is 13.2. The van der Waals surface area contributed by atoms with Crippen LogP contribution in [0.4, 0.5) is 11.5 Å². The van der Waals surface area contributed by atoms with E-state index in [-0.39, 0.29) is 5.91 Å². The van der Waals surface area contributed by atoms with Crippen LogP contribution in [0.25, 0.3) is 11.1 Å². The number of carbonyl (C=O) groups is 1. The molecule has 0 aliphatic carbocycles. The first-order valence-electron chi connectivity index (χ1n) is 13.3. The zero-order chi connectivity index (χ0) is 25.1. The predicted octanol–water partition coefficient (Wildman–Crippen LogP) is 4.08. The Morgan fingerprint density at radius 2 is 1.75 bits per heavy atom. The molecule has 0 bridgehead atoms. The summed E-state index contributed by atoms with van der Waals surface area (Å²) in [4.78, 5) is 29.3. The summed E-state index contributed by atoms with van der Waals surface area (Å²) in [5.41, 5.74) is 5.08. The largest absolute Gasteiger partial charge is 0.442 e. The van der Waals surface area contributed by atoms with Crippen LogP contribution in [0.2, 0.25) is 0 Å². The van der Waals surface area contributed by atoms with Crippen molar-refractivity contribution in [1.29, 1.82) is 0 Å². The van der Waals surface area contributed by atoms with E-state index in [9.17, 15) is 4.79 Å². The summed E-state index contributed by atoms with van der Waals surface area (Å²) in [7, 11) is 0. The van der Waals surface area contributed by atoms with Crippen LogP contribution in [0.5, 0.6) is 0 Å². The van der Waals surface area contributed by atoms with E-state index in [0.717, 1.165) is 76.3 Å². The van der Waals surface area contributed by atoms with E-state index in [2.05, 4.69) is 62.0 Å². The Labute approximate surface area is 213 Å². The fourth-order valence-corrected chi connectivity index (χ4v) is 5.51. The molecule has 2 aliphatic heterocycles. The lowest BCUT2D eigenvalue weighted by Gasteiger charge is -2.37. The standard InChI is InChI=1S/C28H38N6O2/c1-20-8-9-21(2)23(18-20)33-16-14-32(15-17-33)11-7-10-29-27(35)24-22(3)36-28-25(24)26(30-19-31-28)34-12-5-4-6-13-34/h8-9,18-19H,4-7,10-17H2,1-3H3,(H,29,35). The third kappa shape index (κ3) is 5.19. The Balaban J connectivity index is 1.15. The normalized spacial score (nSPS) is 17.1. The molecule has 1 N–H and O–H groups in total. The molecule has 2 aromatic heterocycles. The number of piperidine rings is 1. The van der Waals surface area contributed by atoms with E-state index in [1.54, 1.807) is 0 Å². The molecule has 5 rings (SSSR count). The molecular formula is C28H38N6O2. The lowest BCUT2D eigenvalue weighted by Crippen LogP contribution is -2.47. The molecule has 0 spiro atoms. The second kappa shape index (κ2) is 10.9. The van der Waals surface area contributed by atoms with Crippen LogP contribution in [-0.2, 0) is 0 Å². The molecule has 4 heterocycles. The second-order valence-electron chi connectivity index (χ2n) is 10.2. The number of fused-ring (bicyclic) bond motifs is 1. The van der Waals surface area contributed by atoms with Crippen LogP contribution in [0, 0.1) is 20.8 Å². The minimum absolute atomic E-state index is 0.0981. The number of nitrogens with zero attached hydrogens (tertiary/aromatic N) is 5. The summed E-state index contributed by atoms with van der Waals surface area (Å²) in [6, 6.07) is 6.69. The zero-order valence-electron chi connectivity index (χ0n) is 21.8. The number of nitrogens with one attached hydrogen (secondary N) is 1. The third-order valence-corrected chi connectivity index (χ3v) is 7.54.